The average molecular weight is 282 g/mol. The van der Waals surface area contributed by atoms with Crippen LogP contribution in [-0.4, -0.2) is 29.9 Å². The molecule has 2 rings (SSSR count). The number of halogens is 2. The van der Waals surface area contributed by atoms with Crippen molar-refractivity contribution in [2.45, 2.75) is 38.6 Å². The van der Waals surface area contributed by atoms with Crippen LogP contribution in [0.2, 0.25) is 0 Å². The van der Waals surface area contributed by atoms with Gasteiger partial charge >= 0.3 is 0 Å². The minimum atomic E-state index is -0.680. The minimum absolute atomic E-state index is 0.0318. The topological polar surface area (TPSA) is 32.3 Å². The van der Waals surface area contributed by atoms with E-state index < -0.39 is 17.7 Å². The van der Waals surface area contributed by atoms with Crippen molar-refractivity contribution >= 4 is 11.6 Å². The Morgan fingerprint density at radius 3 is 2.45 bits per heavy atom. The van der Waals surface area contributed by atoms with E-state index in [0.717, 1.165) is 44.8 Å². The summed E-state index contributed by atoms with van der Waals surface area (Å²) < 4.78 is 26.4. The number of carbonyl (C=O) groups is 1. The summed E-state index contributed by atoms with van der Waals surface area (Å²) in [6.07, 6.45) is 4.34. The lowest BCUT2D eigenvalue weighted by molar-refractivity contribution is -0.131. The Morgan fingerprint density at radius 1 is 1.20 bits per heavy atom. The molecule has 0 radical (unpaired) electrons. The normalized spacial score (nSPS) is 17.4. The van der Waals surface area contributed by atoms with Crippen molar-refractivity contribution in [2.24, 2.45) is 0 Å². The van der Waals surface area contributed by atoms with Crippen LogP contribution in [0.4, 0.5) is 14.5 Å². The fourth-order valence-corrected chi connectivity index (χ4v) is 2.47. The third-order valence-corrected chi connectivity index (χ3v) is 3.59. The van der Waals surface area contributed by atoms with Crippen LogP contribution in [0.3, 0.4) is 0 Å². The van der Waals surface area contributed by atoms with Gasteiger partial charge in [0.2, 0.25) is 5.91 Å². The Morgan fingerprint density at radius 2 is 1.85 bits per heavy atom. The molecule has 5 heteroatoms. The van der Waals surface area contributed by atoms with Crippen molar-refractivity contribution in [3.63, 3.8) is 0 Å². The van der Waals surface area contributed by atoms with E-state index in [0.29, 0.717) is 0 Å². The van der Waals surface area contributed by atoms with Gasteiger partial charge in [-0.2, -0.15) is 0 Å². The number of rotatable bonds is 3. The largest absolute Gasteiger partial charge is 0.372 e. The van der Waals surface area contributed by atoms with Crippen molar-refractivity contribution < 1.29 is 13.6 Å². The Hall–Kier alpha value is -1.65. The van der Waals surface area contributed by atoms with E-state index in [2.05, 4.69) is 5.32 Å². The van der Waals surface area contributed by atoms with Crippen LogP contribution in [0, 0.1) is 11.6 Å². The number of anilines is 1. The fourth-order valence-electron chi connectivity index (χ4n) is 2.47. The summed E-state index contributed by atoms with van der Waals surface area (Å²) in [6.45, 7) is 3.23. The second-order valence-electron chi connectivity index (χ2n) is 5.23. The van der Waals surface area contributed by atoms with Crippen LogP contribution in [0.1, 0.15) is 32.6 Å². The highest BCUT2D eigenvalue weighted by atomic mass is 19.1. The van der Waals surface area contributed by atoms with Crippen LogP contribution in [0.5, 0.6) is 0 Å². The molecule has 0 bridgehead atoms. The number of carbonyl (C=O) groups excluding carboxylic acids is 1. The van der Waals surface area contributed by atoms with Gasteiger partial charge in [-0.15, -0.1) is 0 Å². The molecule has 1 aliphatic heterocycles. The first-order valence-corrected chi connectivity index (χ1v) is 7.08. The fraction of sp³-hybridized carbons (Fsp3) is 0.533. The molecule has 1 atom stereocenters. The molecular weight excluding hydrogens is 262 g/mol. The first-order valence-electron chi connectivity index (χ1n) is 7.08. The van der Waals surface area contributed by atoms with Crippen LogP contribution in [0.25, 0.3) is 0 Å². The first-order chi connectivity index (χ1) is 9.58. The zero-order valence-corrected chi connectivity index (χ0v) is 11.7. The smallest absolute Gasteiger partial charge is 0.244 e. The average Bonchev–Trinajstić information content (AvgIpc) is 2.70. The van der Waals surface area contributed by atoms with Gasteiger partial charge < -0.3 is 10.2 Å². The van der Waals surface area contributed by atoms with Crippen molar-refractivity contribution in [1.29, 1.82) is 0 Å². The van der Waals surface area contributed by atoms with Gasteiger partial charge in [0.25, 0.3) is 0 Å². The van der Waals surface area contributed by atoms with Gasteiger partial charge in [0.05, 0.1) is 5.69 Å². The summed E-state index contributed by atoms with van der Waals surface area (Å²) in [5, 5.41) is 2.82. The number of amides is 1. The molecule has 1 unspecified atom stereocenters. The summed E-state index contributed by atoms with van der Waals surface area (Å²) in [7, 11) is 0. The summed E-state index contributed by atoms with van der Waals surface area (Å²) in [5.41, 5.74) is 0.155. The minimum Gasteiger partial charge on any atom is -0.372 e. The second-order valence-corrected chi connectivity index (χ2v) is 5.23. The quantitative estimate of drug-likeness (QED) is 0.923. The van der Waals surface area contributed by atoms with Gasteiger partial charge in [-0.25, -0.2) is 8.78 Å². The summed E-state index contributed by atoms with van der Waals surface area (Å²) in [5.74, 6) is -1.34. The third kappa shape index (κ3) is 3.68. The summed E-state index contributed by atoms with van der Waals surface area (Å²) in [4.78, 5) is 14.1. The molecule has 1 fully saturated rings. The molecule has 1 aromatic carbocycles. The lowest BCUT2D eigenvalue weighted by Crippen LogP contribution is -2.42. The lowest BCUT2D eigenvalue weighted by Gasteiger charge is -2.25. The third-order valence-electron chi connectivity index (χ3n) is 3.59. The molecule has 1 N–H and O–H groups in total. The van der Waals surface area contributed by atoms with Gasteiger partial charge in [0.1, 0.15) is 17.7 Å². The predicted octanol–water partition coefficient (Wildman–Crippen LogP) is 3.17. The van der Waals surface area contributed by atoms with E-state index in [9.17, 15) is 13.6 Å². The molecule has 1 amide bonds. The molecule has 1 aliphatic rings. The molecule has 1 heterocycles. The SMILES string of the molecule is CC(Nc1ccc(F)cc1F)C(=O)N1CCCCCC1. The lowest BCUT2D eigenvalue weighted by atomic mass is 10.2. The summed E-state index contributed by atoms with van der Waals surface area (Å²) in [6, 6.07) is 2.78. The van der Waals surface area contributed by atoms with Gasteiger partial charge in [-0.1, -0.05) is 12.8 Å². The maximum absolute atomic E-state index is 13.6. The monoisotopic (exact) mass is 282 g/mol. The number of nitrogens with zero attached hydrogens (tertiary/aromatic N) is 1. The number of hydrogen-bond donors (Lipinski definition) is 1. The van der Waals surface area contributed by atoms with E-state index in [-0.39, 0.29) is 11.6 Å². The Balaban J connectivity index is 1.99. The first kappa shape index (κ1) is 14.8. The van der Waals surface area contributed by atoms with E-state index in [1.165, 1.54) is 12.1 Å². The standard InChI is InChI=1S/C15H20F2N2O/c1-11(15(20)19-8-4-2-3-5-9-19)18-14-7-6-12(16)10-13(14)17/h6-7,10-11,18H,2-5,8-9H2,1H3. The molecule has 110 valence electrons. The molecule has 0 aromatic heterocycles. The molecule has 0 spiro atoms. The number of benzene rings is 1. The Labute approximate surface area is 118 Å². The Kier molecular flexibility index (Phi) is 4.93. The molecule has 20 heavy (non-hydrogen) atoms. The highest BCUT2D eigenvalue weighted by Gasteiger charge is 2.22. The van der Waals surface area contributed by atoms with Gasteiger partial charge in [0, 0.05) is 19.2 Å². The van der Waals surface area contributed by atoms with Crippen LogP contribution >= 0.6 is 0 Å². The highest BCUT2D eigenvalue weighted by molar-refractivity contribution is 5.84. The number of likely N-dealkylation sites (tertiary alicyclic amines) is 1. The maximum Gasteiger partial charge on any atom is 0.244 e. The molecular formula is C15H20F2N2O. The molecule has 1 aromatic rings. The van der Waals surface area contributed by atoms with E-state index in [1.54, 1.807) is 6.92 Å². The predicted molar refractivity (Wildman–Crippen MR) is 74.5 cm³/mol. The van der Waals surface area contributed by atoms with E-state index in [1.807, 2.05) is 4.90 Å². The zero-order chi connectivity index (χ0) is 14.5. The molecule has 0 saturated carbocycles. The number of hydrogen-bond acceptors (Lipinski definition) is 2. The Bertz CT molecular complexity index is 471. The van der Waals surface area contributed by atoms with E-state index in [4.69, 9.17) is 0 Å². The van der Waals surface area contributed by atoms with Crippen LogP contribution in [-0.2, 0) is 4.79 Å². The van der Waals surface area contributed by atoms with Crippen molar-refractivity contribution in [3.8, 4) is 0 Å². The van der Waals surface area contributed by atoms with Crippen molar-refractivity contribution in [1.82, 2.24) is 4.90 Å². The van der Waals surface area contributed by atoms with Crippen molar-refractivity contribution in [3.05, 3.63) is 29.8 Å². The van der Waals surface area contributed by atoms with Crippen LogP contribution < -0.4 is 5.32 Å². The summed E-state index contributed by atoms with van der Waals surface area (Å²) >= 11 is 0. The van der Waals surface area contributed by atoms with E-state index >= 15 is 0 Å². The second kappa shape index (κ2) is 6.68. The van der Waals surface area contributed by atoms with Crippen molar-refractivity contribution in [2.75, 3.05) is 18.4 Å². The number of nitrogens with one attached hydrogen (secondary N) is 1. The van der Waals surface area contributed by atoms with Gasteiger partial charge in [0.15, 0.2) is 0 Å². The van der Waals surface area contributed by atoms with Crippen LogP contribution in [0.15, 0.2) is 18.2 Å². The van der Waals surface area contributed by atoms with Gasteiger partial charge in [-0.05, 0) is 31.9 Å². The molecule has 0 aliphatic carbocycles. The van der Waals surface area contributed by atoms with Gasteiger partial charge in [-0.3, -0.25) is 4.79 Å². The zero-order valence-electron chi connectivity index (χ0n) is 11.7. The molecule has 3 nitrogen and oxygen atoms in total. The maximum atomic E-state index is 13.6. The highest BCUT2D eigenvalue weighted by Crippen LogP contribution is 2.17. The molecule has 1 saturated heterocycles.